The van der Waals surface area contributed by atoms with Crippen LogP contribution in [0.1, 0.15) is 0 Å². The molecule has 0 aliphatic rings. The van der Waals surface area contributed by atoms with Gasteiger partial charge in [0.15, 0.2) is 0 Å². The van der Waals surface area contributed by atoms with E-state index in [0.717, 1.165) is 14.7 Å². The molecule has 0 saturated carbocycles. The molecule has 0 fully saturated rings. The number of hydrogen-bond acceptors (Lipinski definition) is 2. The van der Waals surface area contributed by atoms with E-state index in [2.05, 4.69) is 18.0 Å². The van der Waals surface area contributed by atoms with Crippen molar-refractivity contribution < 1.29 is 9.53 Å². The van der Waals surface area contributed by atoms with Gasteiger partial charge in [-0.2, -0.15) is 0 Å². The van der Waals surface area contributed by atoms with Gasteiger partial charge in [-0.1, -0.05) is 6.58 Å². The summed E-state index contributed by atoms with van der Waals surface area (Å²) in [5.74, 6) is -0.326. The fourth-order valence-corrected chi connectivity index (χ4v) is 0.619. The Hall–Kier alpha value is -0.360. The number of ether oxygens (including phenoxy) is 1. The summed E-state index contributed by atoms with van der Waals surface area (Å²) in [5.41, 5.74) is 0. The number of hydrogen-bond donors (Lipinski definition) is 0. The zero-order valence-corrected chi connectivity index (χ0v) is 6.52. The second kappa shape index (κ2) is 5.77. The molecule has 0 bridgehead atoms. The predicted octanol–water partition coefficient (Wildman–Crippen LogP) is 1.02. The van der Waals surface area contributed by atoms with Gasteiger partial charge in [0.2, 0.25) is 0 Å². The third-order valence-corrected chi connectivity index (χ3v) is 1.47. The van der Waals surface area contributed by atoms with Crippen molar-refractivity contribution in [2.75, 3.05) is 19.4 Å². The van der Waals surface area contributed by atoms with Gasteiger partial charge in [0.1, 0.15) is 0 Å². The smallest absolute Gasteiger partial charge is 0.330 e. The normalized spacial score (nSPS) is 9.89. The highest BCUT2D eigenvalue weighted by molar-refractivity contribution is 7.37. The monoisotopic (exact) mass is 146 g/mol. The molecule has 0 aromatic heterocycles. The lowest BCUT2D eigenvalue weighted by atomic mass is 10.6. The number of carbonyl (C=O) groups is 1. The maximum Gasteiger partial charge on any atom is 0.330 e. The van der Waals surface area contributed by atoms with Gasteiger partial charge in [0.25, 0.3) is 0 Å². The molecule has 1 unspecified atom stereocenters. The van der Waals surface area contributed by atoms with Crippen LogP contribution >= 0.6 is 8.58 Å². The van der Waals surface area contributed by atoms with Crippen LogP contribution in [-0.2, 0) is 9.53 Å². The summed E-state index contributed by atoms with van der Waals surface area (Å²) in [5, 5.41) is 0. The Bertz CT molecular complexity index is 101. The Morgan fingerprint density at radius 2 is 2.56 bits per heavy atom. The average Bonchev–Trinajstić information content (AvgIpc) is 1.89. The topological polar surface area (TPSA) is 26.3 Å². The van der Waals surface area contributed by atoms with Crippen molar-refractivity contribution >= 4 is 14.6 Å². The molecule has 52 valence electrons. The minimum Gasteiger partial charge on any atom is -0.462 e. The van der Waals surface area contributed by atoms with Crippen LogP contribution in [0.15, 0.2) is 12.7 Å². The van der Waals surface area contributed by atoms with E-state index < -0.39 is 0 Å². The fraction of sp³-hybridized carbons (Fsp3) is 0.500. The standard InChI is InChI=1S/C6H11O2P/c1-3-6(7)8-4-5-9-2/h3,9H,1,4-5H2,2H3. The quantitative estimate of drug-likeness (QED) is 0.256. The van der Waals surface area contributed by atoms with Gasteiger partial charge in [-0.25, -0.2) is 4.79 Å². The first-order valence-electron chi connectivity index (χ1n) is 2.75. The molecule has 0 heterocycles. The zero-order chi connectivity index (χ0) is 7.11. The van der Waals surface area contributed by atoms with Crippen LogP contribution in [-0.4, -0.2) is 25.4 Å². The highest BCUT2D eigenvalue weighted by atomic mass is 31.1. The van der Waals surface area contributed by atoms with Crippen LogP contribution in [0.3, 0.4) is 0 Å². The van der Waals surface area contributed by atoms with Crippen molar-refractivity contribution in [3.05, 3.63) is 12.7 Å². The third-order valence-electron chi connectivity index (χ3n) is 0.763. The molecule has 0 saturated heterocycles. The second-order valence-electron chi connectivity index (χ2n) is 1.48. The SMILES string of the molecule is C=CC(=O)OCCPC. The molecule has 0 aliphatic carbocycles. The minimum absolute atomic E-state index is 0.326. The van der Waals surface area contributed by atoms with E-state index in [-0.39, 0.29) is 5.97 Å². The van der Waals surface area contributed by atoms with E-state index in [0.29, 0.717) is 6.61 Å². The number of esters is 1. The Morgan fingerprint density at radius 1 is 1.89 bits per heavy atom. The van der Waals surface area contributed by atoms with Gasteiger partial charge >= 0.3 is 5.97 Å². The molecule has 0 aromatic carbocycles. The summed E-state index contributed by atoms with van der Waals surface area (Å²) in [4.78, 5) is 10.3. The third kappa shape index (κ3) is 5.51. The summed E-state index contributed by atoms with van der Waals surface area (Å²) < 4.78 is 4.68. The lowest BCUT2D eigenvalue weighted by molar-refractivity contribution is -0.137. The summed E-state index contributed by atoms with van der Waals surface area (Å²) in [6.07, 6.45) is 2.14. The predicted molar refractivity (Wildman–Crippen MR) is 40.3 cm³/mol. The van der Waals surface area contributed by atoms with E-state index in [1.165, 1.54) is 6.08 Å². The Morgan fingerprint density at radius 3 is 3.00 bits per heavy atom. The highest BCUT2D eigenvalue weighted by Crippen LogP contribution is 1.99. The van der Waals surface area contributed by atoms with Crippen LogP contribution in [0.2, 0.25) is 0 Å². The van der Waals surface area contributed by atoms with E-state index >= 15 is 0 Å². The number of rotatable bonds is 4. The van der Waals surface area contributed by atoms with E-state index in [1.807, 2.05) is 0 Å². The van der Waals surface area contributed by atoms with Crippen molar-refractivity contribution in [1.29, 1.82) is 0 Å². The molecular formula is C6H11O2P. The largest absolute Gasteiger partial charge is 0.462 e. The average molecular weight is 146 g/mol. The maximum atomic E-state index is 10.3. The first-order valence-corrected chi connectivity index (χ1v) is 4.45. The molecule has 0 rings (SSSR count). The fourth-order valence-electron chi connectivity index (χ4n) is 0.313. The zero-order valence-electron chi connectivity index (χ0n) is 5.52. The van der Waals surface area contributed by atoms with Crippen LogP contribution in [0.25, 0.3) is 0 Å². The lowest BCUT2D eigenvalue weighted by Gasteiger charge is -1.97. The molecule has 2 nitrogen and oxygen atoms in total. The van der Waals surface area contributed by atoms with Crippen molar-refractivity contribution in [3.63, 3.8) is 0 Å². The first-order chi connectivity index (χ1) is 4.31. The molecule has 0 aromatic rings. The Labute approximate surface area is 57.1 Å². The Kier molecular flexibility index (Phi) is 5.54. The molecule has 0 radical (unpaired) electrons. The minimum atomic E-state index is -0.326. The summed E-state index contributed by atoms with van der Waals surface area (Å²) in [6.45, 7) is 5.87. The van der Waals surface area contributed by atoms with Gasteiger partial charge in [-0.3, -0.25) is 0 Å². The van der Waals surface area contributed by atoms with Gasteiger partial charge in [0.05, 0.1) is 6.61 Å². The summed E-state index contributed by atoms with van der Waals surface area (Å²) >= 11 is 0. The van der Waals surface area contributed by atoms with E-state index in [9.17, 15) is 4.79 Å². The van der Waals surface area contributed by atoms with Crippen molar-refractivity contribution in [2.24, 2.45) is 0 Å². The molecule has 0 amide bonds. The van der Waals surface area contributed by atoms with Crippen molar-refractivity contribution in [2.45, 2.75) is 0 Å². The summed E-state index contributed by atoms with van der Waals surface area (Å²) in [6, 6.07) is 0. The number of carbonyl (C=O) groups excluding carboxylic acids is 1. The van der Waals surface area contributed by atoms with Gasteiger partial charge in [-0.15, -0.1) is 8.58 Å². The molecule has 0 spiro atoms. The first kappa shape index (κ1) is 8.64. The van der Waals surface area contributed by atoms with Gasteiger partial charge in [-0.05, 0) is 12.8 Å². The van der Waals surface area contributed by atoms with Crippen LogP contribution in [0, 0.1) is 0 Å². The van der Waals surface area contributed by atoms with Gasteiger partial charge < -0.3 is 4.74 Å². The van der Waals surface area contributed by atoms with E-state index in [4.69, 9.17) is 0 Å². The van der Waals surface area contributed by atoms with Crippen molar-refractivity contribution in [3.8, 4) is 0 Å². The van der Waals surface area contributed by atoms with Crippen molar-refractivity contribution in [1.82, 2.24) is 0 Å². The summed E-state index contributed by atoms with van der Waals surface area (Å²) in [7, 11) is 0.847. The molecule has 9 heavy (non-hydrogen) atoms. The van der Waals surface area contributed by atoms with Gasteiger partial charge in [0, 0.05) is 6.08 Å². The molecular weight excluding hydrogens is 135 g/mol. The highest BCUT2D eigenvalue weighted by Gasteiger charge is 1.91. The molecule has 1 atom stereocenters. The van der Waals surface area contributed by atoms with Crippen LogP contribution in [0.5, 0.6) is 0 Å². The maximum absolute atomic E-state index is 10.3. The molecule has 3 heteroatoms. The second-order valence-corrected chi connectivity index (χ2v) is 2.68. The van der Waals surface area contributed by atoms with E-state index in [1.54, 1.807) is 0 Å². The Balaban J connectivity index is 3.07. The molecule has 0 N–H and O–H groups in total. The molecule has 0 aliphatic heterocycles. The van der Waals surface area contributed by atoms with Crippen LogP contribution in [0.4, 0.5) is 0 Å². The lowest BCUT2D eigenvalue weighted by Crippen LogP contribution is -2.02. The van der Waals surface area contributed by atoms with Crippen LogP contribution < -0.4 is 0 Å².